The van der Waals surface area contributed by atoms with E-state index in [1.54, 1.807) is 6.92 Å². The van der Waals surface area contributed by atoms with E-state index in [4.69, 9.17) is 16.3 Å². The zero-order valence-electron chi connectivity index (χ0n) is 12.7. The average molecular weight is 354 g/mol. The van der Waals surface area contributed by atoms with Crippen LogP contribution in [0.15, 0.2) is 36.4 Å². The first-order valence-corrected chi connectivity index (χ1v) is 7.38. The van der Waals surface area contributed by atoms with Crippen molar-refractivity contribution in [3.63, 3.8) is 0 Å². The lowest BCUT2D eigenvalue weighted by Crippen LogP contribution is -2.28. The van der Waals surface area contributed by atoms with Crippen LogP contribution in [0.25, 0.3) is 0 Å². The van der Waals surface area contributed by atoms with E-state index in [1.165, 1.54) is 24.3 Å². The van der Waals surface area contributed by atoms with Crippen LogP contribution in [0.5, 0.6) is 0 Å². The van der Waals surface area contributed by atoms with Gasteiger partial charge in [-0.15, -0.1) is 0 Å². The number of benzene rings is 2. The Balaban J connectivity index is 1.84. The summed E-state index contributed by atoms with van der Waals surface area (Å²) in [6.07, 6.45) is 0. The van der Waals surface area contributed by atoms with Gasteiger partial charge in [-0.2, -0.15) is 0 Å². The molecule has 0 aliphatic carbocycles. The van der Waals surface area contributed by atoms with Gasteiger partial charge in [0.25, 0.3) is 5.91 Å². The Labute approximate surface area is 142 Å². The second-order valence-electron chi connectivity index (χ2n) is 5.05. The largest absolute Gasteiger partial charge is 0.452 e. The van der Waals surface area contributed by atoms with Crippen molar-refractivity contribution in [1.29, 1.82) is 0 Å². The summed E-state index contributed by atoms with van der Waals surface area (Å²) in [4.78, 5) is 23.4. The van der Waals surface area contributed by atoms with Gasteiger partial charge in [-0.1, -0.05) is 23.7 Å². The van der Waals surface area contributed by atoms with Gasteiger partial charge in [0.2, 0.25) is 0 Å². The molecule has 0 heterocycles. The molecule has 4 nitrogen and oxygen atoms in total. The predicted molar refractivity (Wildman–Crippen MR) is 84.7 cm³/mol. The summed E-state index contributed by atoms with van der Waals surface area (Å²) in [5.74, 6) is -2.37. The molecule has 0 spiro atoms. The highest BCUT2D eigenvalue weighted by Gasteiger charge is 2.12. The standard InChI is InChI=1S/C17H14ClF2NO3/c1-10-2-3-11(6-15(10)20)17(23)24-9-16(22)21-8-12-4-5-13(19)7-14(12)18/h2-7H,8-9H2,1H3,(H,21,22). The molecule has 0 radical (unpaired) electrons. The first-order chi connectivity index (χ1) is 11.4. The van der Waals surface area contributed by atoms with E-state index < -0.39 is 30.1 Å². The van der Waals surface area contributed by atoms with E-state index in [-0.39, 0.29) is 17.1 Å². The molecule has 0 aliphatic heterocycles. The molecule has 2 aromatic carbocycles. The van der Waals surface area contributed by atoms with E-state index in [1.807, 2.05) is 0 Å². The highest BCUT2D eigenvalue weighted by molar-refractivity contribution is 6.31. The summed E-state index contributed by atoms with van der Waals surface area (Å²) in [5.41, 5.74) is 0.950. The average Bonchev–Trinajstić information content (AvgIpc) is 2.54. The van der Waals surface area contributed by atoms with Crippen LogP contribution in [-0.2, 0) is 16.1 Å². The summed E-state index contributed by atoms with van der Waals surface area (Å²) < 4.78 is 31.1. The molecule has 1 amide bonds. The molecule has 126 valence electrons. The maximum atomic E-state index is 13.4. The number of ether oxygens (including phenoxy) is 1. The third-order valence-electron chi connectivity index (χ3n) is 3.23. The predicted octanol–water partition coefficient (Wildman–Crippen LogP) is 3.40. The van der Waals surface area contributed by atoms with Gasteiger partial charge in [-0.05, 0) is 42.3 Å². The normalized spacial score (nSPS) is 10.3. The fourth-order valence-electron chi connectivity index (χ4n) is 1.84. The maximum Gasteiger partial charge on any atom is 0.338 e. The van der Waals surface area contributed by atoms with Gasteiger partial charge in [0.1, 0.15) is 11.6 Å². The van der Waals surface area contributed by atoms with Crippen LogP contribution in [0.4, 0.5) is 8.78 Å². The number of nitrogens with one attached hydrogen (secondary N) is 1. The summed E-state index contributed by atoms with van der Waals surface area (Å²) in [6.45, 7) is 1.11. The third-order valence-corrected chi connectivity index (χ3v) is 3.58. The number of carbonyl (C=O) groups excluding carboxylic acids is 2. The lowest BCUT2D eigenvalue weighted by Gasteiger charge is -2.08. The second kappa shape index (κ2) is 7.88. The number of hydrogen-bond acceptors (Lipinski definition) is 3. The van der Waals surface area contributed by atoms with Gasteiger partial charge in [0.15, 0.2) is 6.61 Å². The summed E-state index contributed by atoms with van der Waals surface area (Å²) in [7, 11) is 0. The molecule has 2 rings (SSSR count). The minimum atomic E-state index is -0.802. The first kappa shape index (κ1) is 17.9. The van der Waals surface area contributed by atoms with E-state index in [0.717, 1.165) is 12.1 Å². The molecule has 0 saturated heterocycles. The highest BCUT2D eigenvalue weighted by Crippen LogP contribution is 2.16. The first-order valence-electron chi connectivity index (χ1n) is 7.00. The summed E-state index contributed by atoms with van der Waals surface area (Å²) in [6, 6.07) is 7.71. The van der Waals surface area contributed by atoms with E-state index in [9.17, 15) is 18.4 Å². The van der Waals surface area contributed by atoms with Crippen LogP contribution < -0.4 is 5.32 Å². The SMILES string of the molecule is Cc1ccc(C(=O)OCC(=O)NCc2ccc(F)cc2Cl)cc1F. The van der Waals surface area contributed by atoms with Gasteiger partial charge in [-0.25, -0.2) is 13.6 Å². The van der Waals surface area contributed by atoms with Crippen molar-refractivity contribution in [3.8, 4) is 0 Å². The van der Waals surface area contributed by atoms with E-state index in [0.29, 0.717) is 11.1 Å². The lowest BCUT2D eigenvalue weighted by atomic mass is 10.1. The van der Waals surface area contributed by atoms with Gasteiger partial charge < -0.3 is 10.1 Å². The minimum absolute atomic E-state index is 0.0208. The highest BCUT2D eigenvalue weighted by atomic mass is 35.5. The Bertz CT molecular complexity index is 780. The Hall–Kier alpha value is -2.47. The number of rotatable bonds is 5. The molecule has 0 saturated carbocycles. The molecule has 0 atom stereocenters. The van der Waals surface area contributed by atoms with Crippen LogP contribution in [0, 0.1) is 18.6 Å². The quantitative estimate of drug-likeness (QED) is 0.838. The van der Waals surface area contributed by atoms with Gasteiger partial charge in [0, 0.05) is 11.6 Å². The number of halogens is 3. The lowest BCUT2D eigenvalue weighted by molar-refractivity contribution is -0.124. The Morgan fingerprint density at radius 1 is 1.17 bits per heavy atom. The van der Waals surface area contributed by atoms with Crippen molar-refractivity contribution in [2.75, 3.05) is 6.61 Å². The topological polar surface area (TPSA) is 55.4 Å². The summed E-state index contributed by atoms with van der Waals surface area (Å²) in [5, 5.41) is 2.67. The van der Waals surface area contributed by atoms with Crippen molar-refractivity contribution in [3.05, 3.63) is 69.7 Å². The Morgan fingerprint density at radius 2 is 1.92 bits per heavy atom. The Morgan fingerprint density at radius 3 is 2.58 bits per heavy atom. The number of hydrogen-bond donors (Lipinski definition) is 1. The molecule has 24 heavy (non-hydrogen) atoms. The van der Waals surface area contributed by atoms with Crippen molar-refractivity contribution >= 4 is 23.5 Å². The fourth-order valence-corrected chi connectivity index (χ4v) is 2.08. The van der Waals surface area contributed by atoms with E-state index in [2.05, 4.69) is 5.32 Å². The fraction of sp³-hybridized carbons (Fsp3) is 0.176. The van der Waals surface area contributed by atoms with Crippen LogP contribution in [-0.4, -0.2) is 18.5 Å². The number of amides is 1. The zero-order chi connectivity index (χ0) is 17.7. The Kier molecular flexibility index (Phi) is 5.87. The summed E-state index contributed by atoms with van der Waals surface area (Å²) >= 11 is 5.84. The number of esters is 1. The monoisotopic (exact) mass is 353 g/mol. The second-order valence-corrected chi connectivity index (χ2v) is 5.46. The van der Waals surface area contributed by atoms with Crippen molar-refractivity contribution in [2.24, 2.45) is 0 Å². The van der Waals surface area contributed by atoms with E-state index >= 15 is 0 Å². The molecule has 0 fully saturated rings. The van der Waals surface area contributed by atoms with Gasteiger partial charge >= 0.3 is 5.97 Å². The smallest absolute Gasteiger partial charge is 0.338 e. The van der Waals surface area contributed by atoms with Gasteiger partial charge in [-0.3, -0.25) is 4.79 Å². The molecule has 7 heteroatoms. The van der Waals surface area contributed by atoms with Crippen LogP contribution in [0.3, 0.4) is 0 Å². The molecular weight excluding hydrogens is 340 g/mol. The molecular formula is C17H14ClF2NO3. The molecule has 0 aliphatic rings. The molecule has 1 N–H and O–H groups in total. The number of carbonyl (C=O) groups is 2. The molecule has 0 unspecified atom stereocenters. The third kappa shape index (κ3) is 4.76. The van der Waals surface area contributed by atoms with Crippen LogP contribution >= 0.6 is 11.6 Å². The van der Waals surface area contributed by atoms with Crippen molar-refractivity contribution in [2.45, 2.75) is 13.5 Å². The van der Waals surface area contributed by atoms with Crippen molar-refractivity contribution in [1.82, 2.24) is 5.32 Å². The minimum Gasteiger partial charge on any atom is -0.452 e. The van der Waals surface area contributed by atoms with Crippen LogP contribution in [0.2, 0.25) is 5.02 Å². The maximum absolute atomic E-state index is 13.4. The number of aryl methyl sites for hydroxylation is 1. The molecule has 0 aromatic heterocycles. The van der Waals surface area contributed by atoms with Gasteiger partial charge in [0.05, 0.1) is 5.56 Å². The zero-order valence-corrected chi connectivity index (χ0v) is 13.5. The molecule has 0 bridgehead atoms. The van der Waals surface area contributed by atoms with Crippen molar-refractivity contribution < 1.29 is 23.1 Å². The molecule has 2 aromatic rings. The van der Waals surface area contributed by atoms with Crippen LogP contribution in [0.1, 0.15) is 21.5 Å².